The van der Waals surface area contributed by atoms with Crippen molar-refractivity contribution >= 4 is 35.1 Å². The third-order valence-electron chi connectivity index (χ3n) is 10.2. The maximum absolute atomic E-state index is 13.4. The molecule has 204 valence electrons. The van der Waals surface area contributed by atoms with Gasteiger partial charge in [0.15, 0.2) is 5.60 Å². The first-order valence-corrected chi connectivity index (χ1v) is 14.0. The van der Waals surface area contributed by atoms with Gasteiger partial charge in [-0.3, -0.25) is 9.59 Å². The van der Waals surface area contributed by atoms with Crippen LogP contribution in [0.4, 0.5) is 10.1 Å². The Labute approximate surface area is 229 Å². The fourth-order valence-electron chi connectivity index (χ4n) is 8.41. The van der Waals surface area contributed by atoms with Gasteiger partial charge in [-0.05, 0) is 104 Å². The van der Waals surface area contributed by atoms with E-state index in [9.17, 15) is 19.1 Å². The quantitative estimate of drug-likeness (QED) is 0.349. The van der Waals surface area contributed by atoms with Crippen molar-refractivity contribution in [2.75, 3.05) is 0 Å². The van der Waals surface area contributed by atoms with Crippen LogP contribution in [0.3, 0.4) is 0 Å². The zero-order valence-electron chi connectivity index (χ0n) is 22.2. The van der Waals surface area contributed by atoms with E-state index in [0.717, 1.165) is 30.5 Å². The highest BCUT2D eigenvalue weighted by molar-refractivity contribution is 7.96. The lowest BCUT2D eigenvalue weighted by molar-refractivity contribution is -0.196. The molecule has 3 fully saturated rings. The van der Waals surface area contributed by atoms with Crippen LogP contribution in [0.5, 0.6) is 0 Å². The largest absolute Gasteiger partial charge is 0.449 e. The summed E-state index contributed by atoms with van der Waals surface area (Å²) < 4.78 is 19.3. The average Bonchev–Trinajstić information content (AvgIpc) is 3.17. The van der Waals surface area contributed by atoms with Crippen molar-refractivity contribution in [2.24, 2.45) is 39.3 Å². The molecule has 3 saturated carbocycles. The normalized spacial score (nSPS) is 40.2. The molecule has 3 N–H and O–H groups in total. The SMILES string of the molecule is CCC(=O)OC1(C(=O)S)CCC2C3CCC4=CC(=Nc5ccc(F)cc5)C(=CN)CC4(C)C3C(O)CC21C. The molecule has 4 aliphatic rings. The molecule has 1 aromatic rings. The summed E-state index contributed by atoms with van der Waals surface area (Å²) in [5.74, 6) is -0.472. The zero-order valence-corrected chi connectivity index (χ0v) is 23.1. The van der Waals surface area contributed by atoms with Crippen molar-refractivity contribution in [1.29, 1.82) is 0 Å². The summed E-state index contributed by atoms with van der Waals surface area (Å²) in [5.41, 5.74) is 7.32. The number of carbonyl (C=O) groups is 2. The van der Waals surface area contributed by atoms with E-state index in [0.29, 0.717) is 24.9 Å². The number of thiol groups is 1. The van der Waals surface area contributed by atoms with Crippen LogP contribution in [0.15, 0.2) is 52.7 Å². The van der Waals surface area contributed by atoms with Crippen LogP contribution in [0.1, 0.15) is 65.7 Å². The number of fused-ring (bicyclic) bond motifs is 5. The molecule has 0 radical (unpaired) electrons. The van der Waals surface area contributed by atoms with Crippen LogP contribution in [0, 0.1) is 34.4 Å². The number of esters is 1. The predicted octanol–water partition coefficient (Wildman–Crippen LogP) is 5.43. The summed E-state index contributed by atoms with van der Waals surface area (Å²) in [5, 5.41) is 11.4. The average molecular weight is 541 g/mol. The lowest BCUT2D eigenvalue weighted by Crippen LogP contribution is -2.62. The Morgan fingerprint density at radius 3 is 2.61 bits per heavy atom. The first-order valence-electron chi connectivity index (χ1n) is 13.6. The van der Waals surface area contributed by atoms with E-state index in [1.165, 1.54) is 17.7 Å². The minimum Gasteiger partial charge on any atom is -0.449 e. The molecule has 0 saturated heterocycles. The van der Waals surface area contributed by atoms with Gasteiger partial charge < -0.3 is 15.6 Å². The number of hydrogen-bond donors (Lipinski definition) is 3. The van der Waals surface area contributed by atoms with Gasteiger partial charge in [-0.15, -0.1) is 12.6 Å². The summed E-state index contributed by atoms with van der Waals surface area (Å²) in [6.07, 6.45) is 7.08. The molecule has 0 aliphatic heterocycles. The Hall–Kier alpha value is -2.45. The maximum atomic E-state index is 13.4. The third kappa shape index (κ3) is 3.98. The summed E-state index contributed by atoms with van der Waals surface area (Å²) in [6, 6.07) is 6.07. The van der Waals surface area contributed by atoms with E-state index in [2.05, 4.69) is 25.6 Å². The van der Waals surface area contributed by atoms with Crippen LogP contribution >= 0.6 is 12.6 Å². The number of aliphatic imine (C=N–C) groups is 1. The Morgan fingerprint density at radius 1 is 1.26 bits per heavy atom. The van der Waals surface area contributed by atoms with Crippen LogP contribution in [0.25, 0.3) is 0 Å². The van der Waals surface area contributed by atoms with Gasteiger partial charge in [-0.1, -0.05) is 26.3 Å². The van der Waals surface area contributed by atoms with Gasteiger partial charge in [0, 0.05) is 11.8 Å². The van der Waals surface area contributed by atoms with E-state index in [1.54, 1.807) is 25.3 Å². The second-order valence-electron chi connectivity index (χ2n) is 12.0. The fraction of sp³-hybridized carbons (Fsp3) is 0.567. The fourth-order valence-corrected chi connectivity index (χ4v) is 8.82. The minimum absolute atomic E-state index is 0.0319. The van der Waals surface area contributed by atoms with Crippen molar-refractivity contribution in [3.63, 3.8) is 0 Å². The molecule has 0 amide bonds. The molecular weight excluding hydrogens is 503 g/mol. The molecule has 7 unspecified atom stereocenters. The summed E-state index contributed by atoms with van der Waals surface area (Å²) in [4.78, 5) is 30.1. The molecular formula is C30H37FN2O4S. The van der Waals surface area contributed by atoms with Crippen LogP contribution in [-0.2, 0) is 14.3 Å². The van der Waals surface area contributed by atoms with Gasteiger partial charge in [0.1, 0.15) is 5.82 Å². The van der Waals surface area contributed by atoms with Crippen LogP contribution in [0.2, 0.25) is 0 Å². The van der Waals surface area contributed by atoms with Crippen molar-refractivity contribution in [3.8, 4) is 0 Å². The van der Waals surface area contributed by atoms with Crippen molar-refractivity contribution in [2.45, 2.75) is 77.4 Å². The number of aliphatic hydroxyl groups is 1. The number of halogens is 1. The first kappa shape index (κ1) is 27.1. The van der Waals surface area contributed by atoms with Crippen LogP contribution in [-0.4, -0.2) is 33.6 Å². The number of nitrogens with zero attached hydrogens (tertiary/aromatic N) is 1. The summed E-state index contributed by atoms with van der Waals surface area (Å²) in [6.45, 7) is 5.94. The Balaban J connectivity index is 1.52. The molecule has 38 heavy (non-hydrogen) atoms. The minimum atomic E-state index is -1.32. The van der Waals surface area contributed by atoms with E-state index in [1.807, 2.05) is 6.92 Å². The Kier molecular flexibility index (Phi) is 6.87. The van der Waals surface area contributed by atoms with E-state index < -0.39 is 28.2 Å². The van der Waals surface area contributed by atoms with Gasteiger partial charge >= 0.3 is 5.97 Å². The lowest BCUT2D eigenvalue weighted by Gasteiger charge is -2.60. The number of carbonyl (C=O) groups excluding carboxylic acids is 2. The molecule has 1 aromatic carbocycles. The number of hydrogen-bond acceptors (Lipinski definition) is 6. The maximum Gasteiger partial charge on any atom is 0.306 e. The molecule has 5 rings (SSSR count). The smallest absolute Gasteiger partial charge is 0.306 e. The topological polar surface area (TPSA) is 102 Å². The second-order valence-corrected chi connectivity index (χ2v) is 12.4. The van der Waals surface area contributed by atoms with E-state index in [-0.39, 0.29) is 35.4 Å². The first-order chi connectivity index (χ1) is 18.0. The van der Waals surface area contributed by atoms with Gasteiger partial charge in [0.05, 0.1) is 17.5 Å². The number of nitrogens with two attached hydrogens (primary N) is 1. The zero-order chi connectivity index (χ0) is 27.5. The van der Waals surface area contributed by atoms with Gasteiger partial charge in [0.2, 0.25) is 5.12 Å². The van der Waals surface area contributed by atoms with Crippen molar-refractivity contribution in [3.05, 3.63) is 53.5 Å². The van der Waals surface area contributed by atoms with Crippen molar-refractivity contribution in [1.82, 2.24) is 0 Å². The van der Waals surface area contributed by atoms with Crippen LogP contribution < -0.4 is 5.73 Å². The Morgan fingerprint density at radius 2 is 1.97 bits per heavy atom. The monoisotopic (exact) mass is 540 g/mol. The molecule has 0 heterocycles. The summed E-state index contributed by atoms with van der Waals surface area (Å²) >= 11 is 4.22. The molecule has 0 bridgehead atoms. The number of rotatable bonds is 4. The van der Waals surface area contributed by atoms with Gasteiger partial charge in [-0.25, -0.2) is 9.38 Å². The third-order valence-corrected chi connectivity index (χ3v) is 10.5. The van der Waals surface area contributed by atoms with E-state index >= 15 is 0 Å². The highest BCUT2D eigenvalue weighted by Crippen LogP contribution is 2.68. The molecule has 7 atom stereocenters. The van der Waals surface area contributed by atoms with E-state index in [4.69, 9.17) is 15.5 Å². The molecule has 6 nitrogen and oxygen atoms in total. The van der Waals surface area contributed by atoms with Gasteiger partial charge in [-0.2, -0.15) is 0 Å². The Bertz CT molecular complexity index is 1240. The number of allylic oxidation sites excluding steroid dienone is 3. The predicted molar refractivity (Wildman–Crippen MR) is 147 cm³/mol. The lowest BCUT2D eigenvalue weighted by atomic mass is 9.45. The summed E-state index contributed by atoms with van der Waals surface area (Å²) in [7, 11) is 0. The number of benzene rings is 1. The standard InChI is InChI=1S/C30H37FN2O4S/c1-4-25(35)37-30(27(36)38)12-11-22-21-10-5-18-13-23(33-20-8-6-19(31)7-9-20)17(16-32)14-28(18,2)26(21)24(34)15-29(22,30)3/h6-9,13,16,21-22,24,26,34H,4-5,10-12,14-15,32H2,1-3H3,(H,36,38). The second kappa shape index (κ2) is 9.63. The molecule has 8 heteroatoms. The van der Waals surface area contributed by atoms with Crippen molar-refractivity contribution < 1.29 is 23.8 Å². The molecule has 4 aliphatic carbocycles. The molecule has 0 aromatic heterocycles. The highest BCUT2D eigenvalue weighted by Gasteiger charge is 2.70. The van der Waals surface area contributed by atoms with Gasteiger partial charge in [0.25, 0.3) is 0 Å². The number of ether oxygens (including phenoxy) is 1. The molecule has 0 spiro atoms. The highest BCUT2D eigenvalue weighted by atomic mass is 32.1. The number of aliphatic hydroxyl groups excluding tert-OH is 1.